The van der Waals surface area contributed by atoms with Crippen LogP contribution >= 0.6 is 0 Å². The van der Waals surface area contributed by atoms with Crippen LogP contribution in [0.1, 0.15) is 5.76 Å². The number of halogens is 1. The number of nitrogens with zero attached hydrogens (tertiary/aromatic N) is 1. The van der Waals surface area contributed by atoms with Gasteiger partial charge in [0, 0.05) is 11.1 Å². The number of aromatic nitrogens is 1. The van der Waals surface area contributed by atoms with Gasteiger partial charge in [-0.25, -0.2) is 4.39 Å². The highest BCUT2D eigenvalue weighted by Gasteiger charge is 2.15. The van der Waals surface area contributed by atoms with Crippen molar-refractivity contribution in [3.05, 3.63) is 42.0 Å². The fraction of sp³-hybridized carbons (Fsp3) is 0.0909. The van der Waals surface area contributed by atoms with Gasteiger partial charge in [0.25, 0.3) is 0 Å². The predicted molar refractivity (Wildman–Crippen MR) is 53.2 cm³/mol. The minimum absolute atomic E-state index is 0.151. The van der Waals surface area contributed by atoms with Crippen LogP contribution in [0.25, 0.3) is 11.1 Å². The molecule has 0 unspecified atom stereocenters. The molecule has 0 saturated heterocycles. The summed E-state index contributed by atoms with van der Waals surface area (Å²) in [4.78, 5) is 10.6. The van der Waals surface area contributed by atoms with E-state index in [2.05, 4.69) is 5.16 Å². The van der Waals surface area contributed by atoms with Crippen molar-refractivity contribution in [2.75, 3.05) is 0 Å². The number of aliphatic carboxylic acids is 1. The normalized spacial score (nSPS) is 10.3. The molecule has 1 N–H and O–H groups in total. The quantitative estimate of drug-likeness (QED) is 0.862. The summed E-state index contributed by atoms with van der Waals surface area (Å²) in [6.45, 7) is 0. The van der Waals surface area contributed by atoms with Crippen molar-refractivity contribution in [2.45, 2.75) is 6.42 Å². The van der Waals surface area contributed by atoms with E-state index in [0.717, 1.165) is 0 Å². The first kappa shape index (κ1) is 10.4. The summed E-state index contributed by atoms with van der Waals surface area (Å²) in [5, 5.41) is 12.1. The number of carbonyl (C=O) groups is 1. The summed E-state index contributed by atoms with van der Waals surface area (Å²) in [5.74, 6) is -1.33. The zero-order valence-electron chi connectivity index (χ0n) is 8.18. The molecule has 0 aliphatic carbocycles. The van der Waals surface area contributed by atoms with E-state index in [9.17, 15) is 9.18 Å². The molecule has 0 saturated carbocycles. The highest BCUT2D eigenvalue weighted by molar-refractivity contribution is 5.74. The summed E-state index contributed by atoms with van der Waals surface area (Å²) >= 11 is 0. The van der Waals surface area contributed by atoms with Gasteiger partial charge in [-0.15, -0.1) is 0 Å². The van der Waals surface area contributed by atoms with Gasteiger partial charge in [-0.2, -0.15) is 0 Å². The third-order valence-corrected chi connectivity index (χ3v) is 2.12. The number of carboxylic acid groups (broad SMARTS) is 1. The third kappa shape index (κ3) is 1.93. The molecule has 5 heteroatoms. The lowest BCUT2D eigenvalue weighted by atomic mass is 10.1. The Morgan fingerprint density at radius 1 is 1.38 bits per heavy atom. The minimum Gasteiger partial charge on any atom is -0.481 e. The zero-order chi connectivity index (χ0) is 11.5. The molecular weight excluding hydrogens is 213 g/mol. The Hall–Kier alpha value is -2.17. The second kappa shape index (κ2) is 4.14. The Morgan fingerprint density at radius 2 is 2.12 bits per heavy atom. The Balaban J connectivity index is 2.45. The lowest BCUT2D eigenvalue weighted by Gasteiger charge is -2.00. The third-order valence-electron chi connectivity index (χ3n) is 2.12. The second-order valence-electron chi connectivity index (χ2n) is 3.21. The molecule has 0 amide bonds. The summed E-state index contributed by atoms with van der Waals surface area (Å²) in [6.07, 6.45) is 1.00. The largest absolute Gasteiger partial charge is 0.481 e. The topological polar surface area (TPSA) is 63.3 Å². The molecule has 0 aliphatic rings. The summed E-state index contributed by atoms with van der Waals surface area (Å²) < 4.78 is 18.2. The maximum absolute atomic E-state index is 13.5. The van der Waals surface area contributed by atoms with Crippen LogP contribution in [0.15, 0.2) is 35.0 Å². The van der Waals surface area contributed by atoms with Crippen molar-refractivity contribution in [3.8, 4) is 11.1 Å². The number of hydrogen-bond donors (Lipinski definition) is 1. The molecule has 4 nitrogen and oxygen atoms in total. The van der Waals surface area contributed by atoms with E-state index < -0.39 is 11.8 Å². The van der Waals surface area contributed by atoms with E-state index in [1.807, 2.05) is 0 Å². The van der Waals surface area contributed by atoms with Crippen molar-refractivity contribution in [1.29, 1.82) is 0 Å². The fourth-order valence-electron chi connectivity index (χ4n) is 1.43. The molecule has 1 heterocycles. The molecule has 2 rings (SSSR count). The number of rotatable bonds is 3. The molecule has 0 fully saturated rings. The molecular formula is C11H8FNO3. The van der Waals surface area contributed by atoms with E-state index in [1.54, 1.807) is 18.2 Å². The van der Waals surface area contributed by atoms with Crippen LogP contribution in [0.5, 0.6) is 0 Å². The maximum atomic E-state index is 13.5. The van der Waals surface area contributed by atoms with Gasteiger partial charge in [-0.1, -0.05) is 23.4 Å². The Morgan fingerprint density at radius 3 is 2.81 bits per heavy atom. The molecule has 0 radical (unpaired) electrons. The maximum Gasteiger partial charge on any atom is 0.311 e. The van der Waals surface area contributed by atoms with Crippen molar-refractivity contribution in [2.24, 2.45) is 0 Å². The first-order chi connectivity index (χ1) is 7.68. The monoisotopic (exact) mass is 221 g/mol. The molecule has 1 aromatic carbocycles. The molecule has 0 aliphatic heterocycles. The van der Waals surface area contributed by atoms with Crippen LogP contribution in [0, 0.1) is 5.82 Å². The van der Waals surface area contributed by atoms with Crippen molar-refractivity contribution >= 4 is 5.97 Å². The smallest absolute Gasteiger partial charge is 0.311 e. The van der Waals surface area contributed by atoms with Crippen molar-refractivity contribution in [1.82, 2.24) is 5.16 Å². The van der Waals surface area contributed by atoms with Gasteiger partial charge in [0.05, 0.1) is 6.20 Å². The van der Waals surface area contributed by atoms with E-state index in [4.69, 9.17) is 9.63 Å². The van der Waals surface area contributed by atoms with Gasteiger partial charge < -0.3 is 9.63 Å². The van der Waals surface area contributed by atoms with Gasteiger partial charge in [0.2, 0.25) is 0 Å². The SMILES string of the molecule is O=C(O)Cc1oncc1-c1ccccc1F. The summed E-state index contributed by atoms with van der Waals surface area (Å²) in [6, 6.07) is 6.07. The van der Waals surface area contributed by atoms with Crippen molar-refractivity contribution in [3.63, 3.8) is 0 Å². The van der Waals surface area contributed by atoms with Crippen LogP contribution < -0.4 is 0 Å². The second-order valence-corrected chi connectivity index (χ2v) is 3.21. The van der Waals surface area contributed by atoms with Crippen LogP contribution in [0.2, 0.25) is 0 Å². The summed E-state index contributed by atoms with van der Waals surface area (Å²) in [7, 11) is 0. The van der Waals surface area contributed by atoms with E-state index in [0.29, 0.717) is 11.1 Å². The lowest BCUT2D eigenvalue weighted by Crippen LogP contribution is -2.00. The standard InChI is InChI=1S/C11H8FNO3/c12-9-4-2-1-3-7(9)8-6-13-16-10(8)5-11(14)15/h1-4,6H,5H2,(H,14,15). The molecule has 82 valence electrons. The zero-order valence-corrected chi connectivity index (χ0v) is 8.18. The molecule has 2 aromatic rings. The van der Waals surface area contributed by atoms with Crippen molar-refractivity contribution < 1.29 is 18.8 Å². The average molecular weight is 221 g/mol. The van der Waals surface area contributed by atoms with Crippen LogP contribution in [-0.2, 0) is 11.2 Å². The lowest BCUT2D eigenvalue weighted by molar-refractivity contribution is -0.136. The van der Waals surface area contributed by atoms with E-state index >= 15 is 0 Å². The van der Waals surface area contributed by atoms with Gasteiger partial charge >= 0.3 is 5.97 Å². The Bertz CT molecular complexity index is 521. The Kier molecular flexibility index (Phi) is 2.68. The molecule has 0 spiro atoms. The highest BCUT2D eigenvalue weighted by Crippen LogP contribution is 2.26. The molecule has 1 aromatic heterocycles. The predicted octanol–water partition coefficient (Wildman–Crippen LogP) is 2.11. The number of carboxylic acids is 1. The van der Waals surface area contributed by atoms with Crippen LogP contribution in [0.3, 0.4) is 0 Å². The highest BCUT2D eigenvalue weighted by atomic mass is 19.1. The van der Waals surface area contributed by atoms with Crippen LogP contribution in [0.4, 0.5) is 4.39 Å². The number of benzene rings is 1. The molecule has 0 atom stereocenters. The van der Waals surface area contributed by atoms with Gasteiger partial charge in [-0.05, 0) is 6.07 Å². The summed E-state index contributed by atoms with van der Waals surface area (Å²) in [5.41, 5.74) is 0.667. The molecule has 16 heavy (non-hydrogen) atoms. The van der Waals surface area contributed by atoms with Crippen LogP contribution in [-0.4, -0.2) is 16.2 Å². The van der Waals surface area contributed by atoms with E-state index in [-0.39, 0.29) is 12.2 Å². The Labute approximate surface area is 90.3 Å². The minimum atomic E-state index is -1.05. The molecule has 0 bridgehead atoms. The first-order valence-corrected chi connectivity index (χ1v) is 4.58. The van der Waals surface area contributed by atoms with Gasteiger partial charge in [0.15, 0.2) is 5.76 Å². The van der Waals surface area contributed by atoms with E-state index in [1.165, 1.54) is 12.3 Å². The number of hydrogen-bond acceptors (Lipinski definition) is 3. The average Bonchev–Trinajstić information content (AvgIpc) is 2.66. The van der Waals surface area contributed by atoms with Gasteiger partial charge in [0.1, 0.15) is 12.2 Å². The fourth-order valence-corrected chi connectivity index (χ4v) is 1.43. The van der Waals surface area contributed by atoms with Gasteiger partial charge in [-0.3, -0.25) is 4.79 Å². The first-order valence-electron chi connectivity index (χ1n) is 4.58.